The van der Waals surface area contributed by atoms with Gasteiger partial charge in [0.2, 0.25) is 5.91 Å². The van der Waals surface area contributed by atoms with Crippen LogP contribution in [0.1, 0.15) is 47.5 Å². The van der Waals surface area contributed by atoms with Gasteiger partial charge in [-0.05, 0) is 25.7 Å². The average molecular weight is 213 g/mol. The van der Waals surface area contributed by atoms with E-state index >= 15 is 0 Å². The first kappa shape index (κ1) is 12.5. The van der Waals surface area contributed by atoms with Crippen molar-refractivity contribution in [1.82, 2.24) is 4.90 Å². The number of amides is 1. The van der Waals surface area contributed by atoms with E-state index in [1.807, 2.05) is 4.90 Å². The van der Waals surface area contributed by atoms with E-state index in [4.69, 9.17) is 0 Å². The molecule has 1 amide bonds. The third kappa shape index (κ3) is 3.20. The van der Waals surface area contributed by atoms with Gasteiger partial charge in [0, 0.05) is 12.1 Å². The molecule has 0 aromatic rings. The molecule has 0 bridgehead atoms. The van der Waals surface area contributed by atoms with Crippen molar-refractivity contribution in [3.8, 4) is 0 Å². The van der Waals surface area contributed by atoms with Gasteiger partial charge in [-0.3, -0.25) is 4.79 Å². The van der Waals surface area contributed by atoms with E-state index < -0.39 is 6.10 Å². The summed E-state index contributed by atoms with van der Waals surface area (Å²) in [6.45, 7) is 11.2. The predicted molar refractivity (Wildman–Crippen MR) is 60.5 cm³/mol. The first-order valence-corrected chi connectivity index (χ1v) is 5.60. The van der Waals surface area contributed by atoms with Crippen molar-refractivity contribution in [2.24, 2.45) is 5.41 Å². The van der Waals surface area contributed by atoms with Crippen molar-refractivity contribution in [3.05, 3.63) is 0 Å². The molecule has 0 saturated carbocycles. The molecule has 3 heteroatoms. The van der Waals surface area contributed by atoms with Gasteiger partial charge in [0.05, 0.1) is 12.5 Å². The van der Waals surface area contributed by atoms with E-state index in [9.17, 15) is 9.90 Å². The number of carbonyl (C=O) groups is 1. The highest BCUT2D eigenvalue weighted by Gasteiger charge is 2.39. The topological polar surface area (TPSA) is 40.5 Å². The lowest BCUT2D eigenvalue weighted by Gasteiger charge is -2.40. The van der Waals surface area contributed by atoms with Crippen molar-refractivity contribution in [2.75, 3.05) is 6.54 Å². The third-order valence-corrected chi connectivity index (χ3v) is 2.80. The van der Waals surface area contributed by atoms with Crippen LogP contribution >= 0.6 is 0 Å². The molecule has 1 heterocycles. The monoisotopic (exact) mass is 213 g/mol. The first-order valence-electron chi connectivity index (χ1n) is 5.60. The molecule has 0 aliphatic carbocycles. The summed E-state index contributed by atoms with van der Waals surface area (Å²) in [5.74, 6) is 0.0803. The fourth-order valence-corrected chi connectivity index (χ4v) is 2.67. The van der Waals surface area contributed by atoms with E-state index in [1.165, 1.54) is 0 Å². The molecule has 0 aromatic heterocycles. The van der Waals surface area contributed by atoms with Crippen LogP contribution in [0, 0.1) is 5.41 Å². The quantitative estimate of drug-likeness (QED) is 0.759. The average Bonchev–Trinajstić information content (AvgIpc) is 2.24. The zero-order valence-corrected chi connectivity index (χ0v) is 10.5. The molecule has 1 fully saturated rings. The van der Waals surface area contributed by atoms with Crippen LogP contribution in [0.3, 0.4) is 0 Å². The number of aliphatic hydroxyl groups excluding tert-OH is 1. The minimum Gasteiger partial charge on any atom is -0.391 e. The van der Waals surface area contributed by atoms with E-state index in [0.29, 0.717) is 6.54 Å². The van der Waals surface area contributed by atoms with E-state index in [0.717, 1.165) is 6.42 Å². The number of aliphatic hydroxyl groups is 1. The lowest BCUT2D eigenvalue weighted by molar-refractivity contribution is -0.133. The van der Waals surface area contributed by atoms with Crippen molar-refractivity contribution >= 4 is 5.91 Å². The van der Waals surface area contributed by atoms with Gasteiger partial charge in [-0.15, -0.1) is 0 Å². The van der Waals surface area contributed by atoms with Crippen LogP contribution in [0.5, 0.6) is 0 Å². The number of rotatable bonds is 2. The van der Waals surface area contributed by atoms with E-state index in [1.54, 1.807) is 0 Å². The summed E-state index contributed by atoms with van der Waals surface area (Å²) < 4.78 is 0. The lowest BCUT2D eigenvalue weighted by Crippen LogP contribution is -2.47. The number of carbonyl (C=O) groups excluding carboxylic acids is 1. The number of hydrogen-bond acceptors (Lipinski definition) is 2. The highest BCUT2D eigenvalue weighted by molar-refractivity contribution is 5.79. The van der Waals surface area contributed by atoms with Crippen LogP contribution < -0.4 is 0 Å². The molecule has 1 rings (SSSR count). The normalized spacial score (nSPS) is 23.7. The van der Waals surface area contributed by atoms with Gasteiger partial charge in [0.1, 0.15) is 0 Å². The van der Waals surface area contributed by atoms with Crippen molar-refractivity contribution in [3.63, 3.8) is 0 Å². The van der Waals surface area contributed by atoms with Crippen molar-refractivity contribution in [2.45, 2.75) is 59.1 Å². The molecule has 1 atom stereocenters. The Morgan fingerprint density at radius 2 is 1.87 bits per heavy atom. The molecule has 0 radical (unpaired) electrons. The van der Waals surface area contributed by atoms with Crippen LogP contribution in [-0.4, -0.2) is 34.1 Å². The summed E-state index contributed by atoms with van der Waals surface area (Å²) >= 11 is 0. The summed E-state index contributed by atoms with van der Waals surface area (Å²) in [4.78, 5) is 13.5. The summed E-state index contributed by atoms with van der Waals surface area (Å²) in [7, 11) is 0. The van der Waals surface area contributed by atoms with Gasteiger partial charge in [-0.1, -0.05) is 20.8 Å². The lowest BCUT2D eigenvalue weighted by atomic mass is 9.81. The molecule has 0 aromatic carbocycles. The zero-order valence-electron chi connectivity index (χ0n) is 10.5. The van der Waals surface area contributed by atoms with Crippen molar-refractivity contribution in [1.29, 1.82) is 0 Å². The van der Waals surface area contributed by atoms with Gasteiger partial charge in [-0.25, -0.2) is 0 Å². The SMILES string of the molecule is CC(C)(C)CC(C)(C)N1CC(O)CC1=O. The molecule has 1 aliphatic heterocycles. The Bertz CT molecular complexity index is 253. The van der Waals surface area contributed by atoms with Crippen LogP contribution in [0.25, 0.3) is 0 Å². The standard InChI is InChI=1S/C12H23NO2/c1-11(2,3)8-12(4,5)13-7-9(14)6-10(13)15/h9,14H,6-8H2,1-5H3. The number of nitrogens with zero attached hydrogens (tertiary/aromatic N) is 1. The summed E-state index contributed by atoms with van der Waals surface area (Å²) in [5.41, 5.74) is 0.0319. The fourth-order valence-electron chi connectivity index (χ4n) is 2.67. The molecular formula is C12H23NO2. The van der Waals surface area contributed by atoms with E-state index in [-0.39, 0.29) is 23.3 Å². The summed E-state index contributed by atoms with van der Waals surface area (Å²) in [6, 6.07) is 0. The molecule has 1 N–H and O–H groups in total. The number of likely N-dealkylation sites (tertiary alicyclic amines) is 1. The number of hydrogen-bond donors (Lipinski definition) is 1. The molecule has 1 saturated heterocycles. The van der Waals surface area contributed by atoms with Gasteiger partial charge < -0.3 is 10.0 Å². The summed E-state index contributed by atoms with van der Waals surface area (Å²) in [5, 5.41) is 9.47. The molecule has 15 heavy (non-hydrogen) atoms. The van der Waals surface area contributed by atoms with E-state index in [2.05, 4.69) is 34.6 Å². The van der Waals surface area contributed by atoms with Gasteiger partial charge in [0.15, 0.2) is 0 Å². The second-order valence-electron chi connectivity index (χ2n) is 6.41. The molecule has 1 aliphatic rings. The smallest absolute Gasteiger partial charge is 0.225 e. The molecular weight excluding hydrogens is 190 g/mol. The Kier molecular flexibility index (Phi) is 3.15. The molecule has 1 unspecified atom stereocenters. The molecule has 3 nitrogen and oxygen atoms in total. The first-order chi connectivity index (χ1) is 6.62. The Hall–Kier alpha value is -0.570. The molecule has 0 spiro atoms. The maximum absolute atomic E-state index is 11.7. The maximum Gasteiger partial charge on any atom is 0.225 e. The van der Waals surface area contributed by atoms with Crippen LogP contribution in [0.4, 0.5) is 0 Å². The number of β-amino-alcohol motifs (C(OH)–C–C–N with tert-alkyl or cyclic N) is 1. The van der Waals surface area contributed by atoms with Gasteiger partial charge in [0.25, 0.3) is 0 Å². The van der Waals surface area contributed by atoms with Gasteiger partial charge in [-0.2, -0.15) is 0 Å². The maximum atomic E-state index is 11.7. The predicted octanol–water partition coefficient (Wildman–Crippen LogP) is 1.79. The van der Waals surface area contributed by atoms with Gasteiger partial charge >= 0.3 is 0 Å². The Labute approximate surface area is 92.5 Å². The molecule has 88 valence electrons. The van der Waals surface area contributed by atoms with Crippen LogP contribution in [0.15, 0.2) is 0 Å². The fraction of sp³-hybridized carbons (Fsp3) is 0.917. The second kappa shape index (κ2) is 3.78. The highest BCUT2D eigenvalue weighted by atomic mass is 16.3. The minimum absolute atomic E-state index is 0.0803. The van der Waals surface area contributed by atoms with Crippen LogP contribution in [-0.2, 0) is 4.79 Å². The second-order valence-corrected chi connectivity index (χ2v) is 6.41. The minimum atomic E-state index is -0.475. The summed E-state index contributed by atoms with van der Waals surface area (Å²) in [6.07, 6.45) is 0.753. The Morgan fingerprint density at radius 3 is 2.20 bits per heavy atom. The Morgan fingerprint density at radius 1 is 1.33 bits per heavy atom. The third-order valence-electron chi connectivity index (χ3n) is 2.80. The van der Waals surface area contributed by atoms with Crippen molar-refractivity contribution < 1.29 is 9.90 Å². The highest BCUT2D eigenvalue weighted by Crippen LogP contribution is 2.33. The zero-order chi connectivity index (χ0) is 11.9. The van der Waals surface area contributed by atoms with Crippen LogP contribution in [0.2, 0.25) is 0 Å². The Balaban J connectivity index is 2.73. The largest absolute Gasteiger partial charge is 0.391 e.